The predicted octanol–water partition coefficient (Wildman–Crippen LogP) is 4.14. The number of halogens is 1. The second-order valence-electron chi connectivity index (χ2n) is 6.22. The summed E-state index contributed by atoms with van der Waals surface area (Å²) in [7, 11) is 0. The van der Waals surface area contributed by atoms with E-state index in [0.717, 1.165) is 29.4 Å². The zero-order valence-corrected chi connectivity index (χ0v) is 13.6. The Morgan fingerprint density at radius 3 is 2.96 bits per heavy atom. The van der Waals surface area contributed by atoms with Gasteiger partial charge in [-0.1, -0.05) is 24.3 Å². The van der Waals surface area contributed by atoms with Crippen molar-refractivity contribution in [3.8, 4) is 5.75 Å². The minimum Gasteiger partial charge on any atom is -0.493 e. The predicted molar refractivity (Wildman–Crippen MR) is 91.9 cm³/mol. The average Bonchev–Trinajstić information content (AvgIpc) is 2.89. The average molecular weight is 339 g/mol. The molecule has 0 saturated heterocycles. The summed E-state index contributed by atoms with van der Waals surface area (Å²) in [6, 6.07) is 13.8. The van der Waals surface area contributed by atoms with Gasteiger partial charge in [-0.2, -0.15) is 0 Å². The number of para-hydroxylation sites is 1. The van der Waals surface area contributed by atoms with Crippen LogP contribution in [0, 0.1) is 5.82 Å². The molecule has 1 atom stereocenters. The molecule has 2 aromatic carbocycles. The van der Waals surface area contributed by atoms with Crippen LogP contribution in [0.3, 0.4) is 0 Å². The summed E-state index contributed by atoms with van der Waals surface area (Å²) < 4.78 is 24.7. The Bertz CT molecular complexity index is 885. The largest absolute Gasteiger partial charge is 0.493 e. The first kappa shape index (κ1) is 15.7. The number of carbonyl (C=O) groups excluding carboxylic acids is 1. The molecular formula is C20H18FNO3. The molecule has 1 aliphatic rings. The number of rotatable bonds is 3. The molecule has 1 amide bonds. The highest BCUT2D eigenvalue weighted by Gasteiger charge is 2.22. The van der Waals surface area contributed by atoms with E-state index in [1.807, 2.05) is 30.3 Å². The molecule has 0 aliphatic carbocycles. The highest BCUT2D eigenvalue weighted by Crippen LogP contribution is 2.32. The molecule has 0 bridgehead atoms. The molecule has 1 aromatic heterocycles. The topological polar surface area (TPSA) is 51.5 Å². The summed E-state index contributed by atoms with van der Waals surface area (Å²) in [6.45, 7) is 0.520. The van der Waals surface area contributed by atoms with Crippen molar-refractivity contribution < 1.29 is 18.3 Å². The van der Waals surface area contributed by atoms with Crippen LogP contribution >= 0.6 is 0 Å². The van der Waals surface area contributed by atoms with Gasteiger partial charge in [0.25, 0.3) is 0 Å². The zero-order valence-electron chi connectivity index (χ0n) is 13.6. The molecule has 25 heavy (non-hydrogen) atoms. The number of fused-ring (bicyclic) bond motifs is 2. The van der Waals surface area contributed by atoms with Crippen molar-refractivity contribution in [1.29, 1.82) is 0 Å². The van der Waals surface area contributed by atoms with Crippen LogP contribution in [0.25, 0.3) is 11.0 Å². The Labute approximate surface area is 144 Å². The molecule has 3 aromatic rings. The lowest BCUT2D eigenvalue weighted by atomic mass is 10.0. The van der Waals surface area contributed by atoms with Gasteiger partial charge >= 0.3 is 0 Å². The van der Waals surface area contributed by atoms with Gasteiger partial charge in [-0.05, 0) is 31.0 Å². The maximum Gasteiger partial charge on any atom is 0.228 e. The van der Waals surface area contributed by atoms with E-state index in [4.69, 9.17) is 9.15 Å². The number of furan rings is 1. The first-order valence-electron chi connectivity index (χ1n) is 8.38. The van der Waals surface area contributed by atoms with Crippen LogP contribution in [0.4, 0.5) is 4.39 Å². The highest BCUT2D eigenvalue weighted by molar-refractivity contribution is 5.82. The van der Waals surface area contributed by atoms with Gasteiger partial charge in [0.15, 0.2) is 0 Å². The van der Waals surface area contributed by atoms with E-state index < -0.39 is 0 Å². The molecule has 1 N–H and O–H groups in total. The van der Waals surface area contributed by atoms with Crippen molar-refractivity contribution in [3.05, 3.63) is 65.7 Å². The zero-order chi connectivity index (χ0) is 17.2. The number of hydrogen-bond acceptors (Lipinski definition) is 3. The maximum atomic E-state index is 13.4. The molecule has 0 spiro atoms. The third-order valence-corrected chi connectivity index (χ3v) is 4.39. The van der Waals surface area contributed by atoms with Crippen molar-refractivity contribution in [2.75, 3.05) is 6.61 Å². The van der Waals surface area contributed by atoms with E-state index >= 15 is 0 Å². The van der Waals surface area contributed by atoms with E-state index in [1.54, 1.807) is 6.07 Å². The van der Waals surface area contributed by atoms with E-state index in [0.29, 0.717) is 18.1 Å². The quantitative estimate of drug-likeness (QED) is 0.780. The Kier molecular flexibility index (Phi) is 4.14. The Morgan fingerprint density at radius 2 is 2.08 bits per heavy atom. The van der Waals surface area contributed by atoms with Crippen molar-refractivity contribution in [2.45, 2.75) is 25.3 Å². The van der Waals surface area contributed by atoms with Crippen molar-refractivity contribution >= 4 is 16.9 Å². The molecule has 5 heteroatoms. The standard InChI is InChI=1S/C20H18FNO3/c21-14-7-8-16-17(5-3-9-24-19(16)11-14)22-20(23)12-15-10-13-4-1-2-6-18(13)25-15/h1-2,4,6-8,10-11,17H,3,5,9,12H2,(H,22,23). The summed E-state index contributed by atoms with van der Waals surface area (Å²) in [6.07, 6.45) is 1.72. The van der Waals surface area contributed by atoms with Crippen LogP contribution in [0.1, 0.15) is 30.2 Å². The van der Waals surface area contributed by atoms with Gasteiger partial charge in [-0.25, -0.2) is 4.39 Å². The summed E-state index contributed by atoms with van der Waals surface area (Å²) >= 11 is 0. The summed E-state index contributed by atoms with van der Waals surface area (Å²) in [4.78, 5) is 12.5. The minimum absolute atomic E-state index is 0.124. The molecule has 2 heterocycles. The van der Waals surface area contributed by atoms with Gasteiger partial charge in [0.05, 0.1) is 19.1 Å². The van der Waals surface area contributed by atoms with Crippen LogP contribution in [0.2, 0.25) is 0 Å². The lowest BCUT2D eigenvalue weighted by molar-refractivity contribution is -0.121. The number of benzene rings is 2. The van der Waals surface area contributed by atoms with E-state index in [9.17, 15) is 9.18 Å². The Hall–Kier alpha value is -2.82. The van der Waals surface area contributed by atoms with E-state index in [2.05, 4.69) is 5.32 Å². The molecule has 128 valence electrons. The maximum absolute atomic E-state index is 13.4. The number of ether oxygens (including phenoxy) is 1. The monoisotopic (exact) mass is 339 g/mol. The third-order valence-electron chi connectivity index (χ3n) is 4.39. The molecule has 1 aliphatic heterocycles. The summed E-state index contributed by atoms with van der Waals surface area (Å²) in [5.74, 6) is 0.670. The molecule has 0 saturated carbocycles. The van der Waals surface area contributed by atoms with E-state index in [1.165, 1.54) is 12.1 Å². The third kappa shape index (κ3) is 3.36. The molecule has 1 unspecified atom stereocenters. The number of nitrogens with one attached hydrogen (secondary N) is 1. The fraction of sp³-hybridized carbons (Fsp3) is 0.250. The van der Waals surface area contributed by atoms with Gasteiger partial charge in [0.1, 0.15) is 22.9 Å². The lowest BCUT2D eigenvalue weighted by Gasteiger charge is -2.18. The number of carbonyl (C=O) groups is 1. The highest BCUT2D eigenvalue weighted by atomic mass is 19.1. The smallest absolute Gasteiger partial charge is 0.228 e. The van der Waals surface area contributed by atoms with Crippen molar-refractivity contribution in [1.82, 2.24) is 5.32 Å². The second kappa shape index (κ2) is 6.59. The molecular weight excluding hydrogens is 321 g/mol. The number of amides is 1. The van der Waals surface area contributed by atoms with Gasteiger partial charge in [0.2, 0.25) is 5.91 Å². The van der Waals surface area contributed by atoms with Crippen LogP contribution in [-0.4, -0.2) is 12.5 Å². The minimum atomic E-state index is -0.340. The molecule has 4 rings (SSSR count). The molecule has 0 fully saturated rings. The first-order chi connectivity index (χ1) is 12.2. The van der Waals surface area contributed by atoms with Gasteiger partial charge in [-0.15, -0.1) is 0 Å². The SMILES string of the molecule is O=C(Cc1cc2ccccc2o1)NC1CCCOc2cc(F)ccc21. The first-order valence-corrected chi connectivity index (χ1v) is 8.38. The summed E-state index contributed by atoms with van der Waals surface area (Å²) in [5, 5.41) is 4.01. The molecule has 4 nitrogen and oxygen atoms in total. The molecule has 0 radical (unpaired) electrons. The lowest BCUT2D eigenvalue weighted by Crippen LogP contribution is -2.29. The fourth-order valence-electron chi connectivity index (χ4n) is 3.22. The van der Waals surface area contributed by atoms with E-state index in [-0.39, 0.29) is 24.2 Å². The van der Waals surface area contributed by atoms with Gasteiger partial charge < -0.3 is 14.5 Å². The fourth-order valence-corrected chi connectivity index (χ4v) is 3.22. The normalized spacial score (nSPS) is 16.8. The second-order valence-corrected chi connectivity index (χ2v) is 6.22. The number of hydrogen-bond donors (Lipinski definition) is 1. The van der Waals surface area contributed by atoms with Crippen LogP contribution in [-0.2, 0) is 11.2 Å². The van der Waals surface area contributed by atoms with Crippen LogP contribution in [0.15, 0.2) is 52.9 Å². The van der Waals surface area contributed by atoms with Crippen molar-refractivity contribution in [3.63, 3.8) is 0 Å². The van der Waals surface area contributed by atoms with Crippen LogP contribution < -0.4 is 10.1 Å². The summed E-state index contributed by atoms with van der Waals surface area (Å²) in [5.41, 5.74) is 1.59. The van der Waals surface area contributed by atoms with Crippen LogP contribution in [0.5, 0.6) is 5.75 Å². The Morgan fingerprint density at radius 1 is 1.20 bits per heavy atom. The van der Waals surface area contributed by atoms with Gasteiger partial charge in [0, 0.05) is 17.0 Å². The van der Waals surface area contributed by atoms with Crippen molar-refractivity contribution in [2.24, 2.45) is 0 Å². The Balaban J connectivity index is 1.50. The van der Waals surface area contributed by atoms with Gasteiger partial charge in [-0.3, -0.25) is 4.79 Å².